The van der Waals surface area contributed by atoms with Crippen LogP contribution in [0.1, 0.15) is 18.0 Å². The molecule has 0 amide bonds. The molecule has 4 heterocycles. The van der Waals surface area contributed by atoms with Gasteiger partial charge in [-0.15, -0.1) is 0 Å². The zero-order valence-corrected chi connectivity index (χ0v) is 14.8. The van der Waals surface area contributed by atoms with E-state index in [9.17, 15) is 20.4 Å². The van der Waals surface area contributed by atoms with Crippen molar-refractivity contribution in [3.05, 3.63) is 24.3 Å². The molecule has 4 rings (SSSR count). The van der Waals surface area contributed by atoms with E-state index >= 15 is 0 Å². The Morgan fingerprint density at radius 1 is 1.32 bits per heavy atom. The number of ether oxygens (including phenoxy) is 1. The van der Waals surface area contributed by atoms with Gasteiger partial charge in [-0.3, -0.25) is 9.88 Å². The number of nitrogens with two attached hydrogens (primary N) is 1. The van der Waals surface area contributed by atoms with Crippen LogP contribution in [0.3, 0.4) is 0 Å². The van der Waals surface area contributed by atoms with Crippen molar-refractivity contribution >= 4 is 17.0 Å². The summed E-state index contributed by atoms with van der Waals surface area (Å²) in [6.45, 7) is -0.451. The number of nitrogen functional groups attached to an aromatic ring is 1. The lowest BCUT2D eigenvalue weighted by atomic mass is 10.1. The summed E-state index contributed by atoms with van der Waals surface area (Å²) in [5.74, 6) is 0.199. The minimum Gasteiger partial charge on any atom is -0.394 e. The summed E-state index contributed by atoms with van der Waals surface area (Å²) in [4.78, 5) is 12.7. The van der Waals surface area contributed by atoms with E-state index in [0.717, 1.165) is 0 Å². The largest absolute Gasteiger partial charge is 0.394 e. The summed E-state index contributed by atoms with van der Waals surface area (Å²) in [6, 6.07) is 0. The van der Waals surface area contributed by atoms with Crippen LogP contribution >= 0.6 is 0 Å². The Morgan fingerprint density at radius 3 is 2.79 bits per heavy atom. The number of aromatic nitrogens is 6. The maximum absolute atomic E-state index is 10.3. The first-order valence-electron chi connectivity index (χ1n) is 8.47. The molecule has 5 atom stereocenters. The van der Waals surface area contributed by atoms with Gasteiger partial charge in [-0.05, 0) is 7.05 Å². The van der Waals surface area contributed by atoms with Crippen LogP contribution < -0.4 is 11.1 Å². The van der Waals surface area contributed by atoms with Crippen molar-refractivity contribution in [3.63, 3.8) is 0 Å². The molecule has 1 aliphatic heterocycles. The molecule has 13 heteroatoms. The average molecular weight is 392 g/mol. The highest BCUT2D eigenvalue weighted by Crippen LogP contribution is 2.32. The van der Waals surface area contributed by atoms with E-state index in [2.05, 4.69) is 25.4 Å². The van der Waals surface area contributed by atoms with Crippen molar-refractivity contribution < 1.29 is 25.2 Å². The number of nitrogens with one attached hydrogen (secondary N) is 1. The lowest BCUT2D eigenvalue weighted by Crippen LogP contribution is -2.33. The summed E-state index contributed by atoms with van der Waals surface area (Å²) in [5.41, 5.74) is 7.03. The third-order valence-corrected chi connectivity index (χ3v) is 4.62. The smallest absolute Gasteiger partial charge is 0.254 e. The number of imidazole rings is 1. The van der Waals surface area contributed by atoms with Gasteiger partial charge < -0.3 is 30.9 Å². The van der Waals surface area contributed by atoms with E-state index in [0.29, 0.717) is 5.56 Å². The van der Waals surface area contributed by atoms with Crippen LogP contribution in [0.25, 0.3) is 17.1 Å². The third-order valence-electron chi connectivity index (χ3n) is 4.62. The Kier molecular flexibility index (Phi) is 4.70. The molecule has 0 radical (unpaired) electrons. The number of nitrogens with zero attached hydrogens (tertiary/aromatic N) is 6. The fraction of sp³-hybridized carbons (Fsp3) is 0.467. The minimum atomic E-state index is -1.30. The van der Waals surface area contributed by atoms with E-state index in [-0.39, 0.29) is 22.9 Å². The molecule has 0 saturated carbocycles. The second-order valence-corrected chi connectivity index (χ2v) is 6.37. The second kappa shape index (κ2) is 7.05. The molecule has 28 heavy (non-hydrogen) atoms. The lowest BCUT2D eigenvalue weighted by Gasteiger charge is -2.16. The molecule has 150 valence electrons. The highest BCUT2D eigenvalue weighted by atomic mass is 16.6. The average Bonchev–Trinajstić information content (AvgIpc) is 3.40. The quantitative estimate of drug-likeness (QED) is 0.250. The standard InChI is InChI=1S/C15H20N8O5/c1-17-13(27)6-2-19-23(3-6)15-20-11(16)8-12(21-15)22(5-18-8)14-10(26)9(25)7(4-24)28-14/h2-3,5,7,9-10,13-14,17,24-27H,4H2,1H3,(H2,16,20,21)/t7-,9-,10-,13?,14-/m1/s1. The normalized spacial score (nSPS) is 26.2. The first-order valence-corrected chi connectivity index (χ1v) is 8.47. The Bertz CT molecular complexity index is 990. The molecule has 7 N–H and O–H groups in total. The summed E-state index contributed by atoms with van der Waals surface area (Å²) >= 11 is 0. The first-order chi connectivity index (χ1) is 13.4. The Morgan fingerprint density at radius 2 is 2.11 bits per heavy atom. The van der Waals surface area contributed by atoms with Crippen molar-refractivity contribution in [3.8, 4) is 5.95 Å². The zero-order valence-electron chi connectivity index (χ0n) is 14.8. The maximum atomic E-state index is 10.3. The predicted molar refractivity (Wildman–Crippen MR) is 93.9 cm³/mol. The zero-order chi connectivity index (χ0) is 20.0. The van der Waals surface area contributed by atoms with Crippen molar-refractivity contribution in [2.24, 2.45) is 0 Å². The predicted octanol–water partition coefficient (Wildman–Crippen LogP) is -2.58. The monoisotopic (exact) mass is 392 g/mol. The lowest BCUT2D eigenvalue weighted by molar-refractivity contribution is -0.0511. The van der Waals surface area contributed by atoms with E-state index in [4.69, 9.17) is 10.5 Å². The van der Waals surface area contributed by atoms with Gasteiger partial charge in [0.05, 0.1) is 19.1 Å². The van der Waals surface area contributed by atoms with Gasteiger partial charge in [-0.25, -0.2) is 9.67 Å². The summed E-state index contributed by atoms with van der Waals surface area (Å²) in [6.07, 6.45) is -1.06. The Labute approximate surface area is 158 Å². The van der Waals surface area contributed by atoms with Crippen LogP contribution in [0.5, 0.6) is 0 Å². The van der Waals surface area contributed by atoms with Gasteiger partial charge in [0.2, 0.25) is 0 Å². The summed E-state index contributed by atoms with van der Waals surface area (Å²) in [7, 11) is 1.60. The van der Waals surface area contributed by atoms with Crippen LogP contribution in [-0.4, -0.2) is 81.7 Å². The molecule has 1 fully saturated rings. The molecule has 0 aromatic carbocycles. The molecule has 3 aromatic heterocycles. The number of anilines is 1. The van der Waals surface area contributed by atoms with Gasteiger partial charge in [0.25, 0.3) is 5.95 Å². The Hall–Kier alpha value is -2.68. The molecule has 13 nitrogen and oxygen atoms in total. The van der Waals surface area contributed by atoms with E-state index in [1.54, 1.807) is 7.05 Å². The Balaban J connectivity index is 1.76. The number of hydrogen-bond donors (Lipinski definition) is 6. The van der Waals surface area contributed by atoms with Crippen LogP contribution in [0, 0.1) is 0 Å². The number of rotatable bonds is 5. The van der Waals surface area contributed by atoms with E-state index < -0.39 is 37.4 Å². The number of fused-ring (bicyclic) bond motifs is 1. The topological polar surface area (TPSA) is 190 Å². The molecule has 3 aromatic rings. The van der Waals surface area contributed by atoms with Gasteiger partial charge in [-0.2, -0.15) is 15.1 Å². The van der Waals surface area contributed by atoms with Crippen molar-refractivity contribution in [1.29, 1.82) is 0 Å². The van der Waals surface area contributed by atoms with Crippen LogP contribution in [0.4, 0.5) is 5.82 Å². The highest BCUT2D eigenvalue weighted by Gasteiger charge is 2.44. The number of aliphatic hydroxyl groups excluding tert-OH is 4. The molecule has 0 bridgehead atoms. The molecule has 1 saturated heterocycles. The fourth-order valence-corrected chi connectivity index (χ4v) is 3.08. The first kappa shape index (κ1) is 18.7. The van der Waals surface area contributed by atoms with Crippen molar-refractivity contribution in [2.45, 2.75) is 30.8 Å². The molecular formula is C15H20N8O5. The molecule has 1 aliphatic rings. The van der Waals surface area contributed by atoms with E-state index in [1.807, 2.05) is 0 Å². The SMILES string of the molecule is CNC(O)c1cnn(-c2nc(N)c3ncn([C@@H]4O[C@H](CO)[C@@H](O)[C@H]4O)c3n2)c1. The van der Waals surface area contributed by atoms with Crippen molar-refractivity contribution in [1.82, 2.24) is 34.6 Å². The molecular weight excluding hydrogens is 372 g/mol. The number of hydrogen-bond acceptors (Lipinski definition) is 11. The third kappa shape index (κ3) is 2.90. The van der Waals surface area contributed by atoms with Gasteiger partial charge >= 0.3 is 0 Å². The molecule has 1 unspecified atom stereocenters. The van der Waals surface area contributed by atoms with E-state index in [1.165, 1.54) is 28.0 Å². The maximum Gasteiger partial charge on any atom is 0.254 e. The van der Waals surface area contributed by atoms with Crippen LogP contribution in [-0.2, 0) is 4.74 Å². The van der Waals surface area contributed by atoms with Crippen molar-refractivity contribution in [2.75, 3.05) is 19.4 Å². The van der Waals surface area contributed by atoms with Crippen LogP contribution in [0.15, 0.2) is 18.7 Å². The second-order valence-electron chi connectivity index (χ2n) is 6.37. The fourth-order valence-electron chi connectivity index (χ4n) is 3.08. The summed E-state index contributed by atoms with van der Waals surface area (Å²) < 4.78 is 8.27. The van der Waals surface area contributed by atoms with Gasteiger partial charge in [0.15, 0.2) is 17.7 Å². The minimum absolute atomic E-state index is 0.0803. The molecule has 0 aliphatic carbocycles. The molecule has 0 spiro atoms. The van der Waals surface area contributed by atoms with Crippen LogP contribution in [0.2, 0.25) is 0 Å². The highest BCUT2D eigenvalue weighted by molar-refractivity contribution is 5.82. The summed E-state index contributed by atoms with van der Waals surface area (Å²) in [5, 5.41) is 46.2. The van der Waals surface area contributed by atoms with Gasteiger partial charge in [0, 0.05) is 11.8 Å². The number of aliphatic hydroxyl groups is 4. The van der Waals surface area contributed by atoms with Gasteiger partial charge in [-0.1, -0.05) is 0 Å². The van der Waals surface area contributed by atoms with Gasteiger partial charge in [0.1, 0.15) is 30.1 Å².